The molecule has 10 nitrogen and oxygen atoms in total. The largest absolute Gasteiger partial charge is 0.431 e. The summed E-state index contributed by atoms with van der Waals surface area (Å²) in [4.78, 5) is 28.6. The van der Waals surface area contributed by atoms with Crippen LogP contribution in [0.25, 0.3) is 22.6 Å². The zero-order valence-electron chi connectivity index (χ0n) is 28.8. The van der Waals surface area contributed by atoms with E-state index in [4.69, 9.17) is 24.1 Å². The van der Waals surface area contributed by atoms with E-state index in [1.54, 1.807) is 5.48 Å². The van der Waals surface area contributed by atoms with Gasteiger partial charge < -0.3 is 24.3 Å². The first-order valence-corrected chi connectivity index (χ1v) is 18.6. The summed E-state index contributed by atoms with van der Waals surface area (Å²) in [7, 11) is 0. The fourth-order valence-electron chi connectivity index (χ4n) is 6.05. The molecule has 4 N–H and O–H groups in total. The molecule has 0 radical (unpaired) electrons. The lowest BCUT2D eigenvalue weighted by molar-refractivity contribution is -0.245. The topological polar surface area (TPSA) is 143 Å². The maximum absolute atomic E-state index is 12.6. The molecule has 0 aliphatic carbocycles. The van der Waals surface area contributed by atoms with Crippen molar-refractivity contribution in [2.75, 3.05) is 11.1 Å². The van der Waals surface area contributed by atoms with Crippen molar-refractivity contribution in [3.05, 3.63) is 126 Å². The highest BCUT2D eigenvalue weighted by Gasteiger charge is 2.33. The number of nitrogens with one attached hydrogen (secondary N) is 2. The van der Waals surface area contributed by atoms with Crippen molar-refractivity contribution < 1.29 is 33.8 Å². The van der Waals surface area contributed by atoms with Crippen LogP contribution in [0, 0.1) is 0 Å². The number of aliphatic hydroxyl groups excluding tert-OH is 1. The second-order valence-electron chi connectivity index (χ2n) is 12.7. The summed E-state index contributed by atoms with van der Waals surface area (Å²) in [6, 6.07) is 35.3. The Kier molecular flexibility index (Phi) is 13.3. The quantitative estimate of drug-likeness (QED) is 0.0341. The first-order chi connectivity index (χ1) is 25.5. The number of nitrogens with zero attached hydrogens (tertiary/aromatic N) is 1. The third-order valence-electron chi connectivity index (χ3n) is 8.85. The van der Waals surface area contributed by atoms with Crippen molar-refractivity contribution in [1.29, 1.82) is 0 Å². The van der Waals surface area contributed by atoms with Gasteiger partial charge in [-0.2, -0.15) is 0 Å². The molecule has 52 heavy (non-hydrogen) atoms. The lowest BCUT2D eigenvalue weighted by atomic mass is 10.0. The van der Waals surface area contributed by atoms with Gasteiger partial charge in [0.05, 0.1) is 18.8 Å². The second-order valence-corrected chi connectivity index (χ2v) is 13.6. The fourth-order valence-corrected chi connectivity index (χ4v) is 6.89. The molecule has 4 aromatic carbocycles. The predicted octanol–water partition coefficient (Wildman–Crippen LogP) is 8.62. The average molecular weight is 722 g/mol. The molecule has 2 amide bonds. The number of aliphatic hydroxyl groups is 1. The number of hydrogen-bond donors (Lipinski definition) is 4. The summed E-state index contributed by atoms with van der Waals surface area (Å²) in [5.74, 6) is 0.829. The van der Waals surface area contributed by atoms with Crippen LogP contribution < -0.4 is 10.8 Å². The number of carbonyl (C=O) groups is 2. The molecule has 3 atom stereocenters. The van der Waals surface area contributed by atoms with Crippen LogP contribution in [0.15, 0.2) is 119 Å². The molecular weight excluding hydrogens is 679 g/mol. The summed E-state index contributed by atoms with van der Waals surface area (Å²) in [5.41, 5.74) is 7.69. The maximum atomic E-state index is 12.6. The number of aromatic nitrogens is 1. The van der Waals surface area contributed by atoms with Gasteiger partial charge in [0.25, 0.3) is 5.22 Å². The van der Waals surface area contributed by atoms with Crippen LogP contribution in [0.1, 0.15) is 74.0 Å². The number of rotatable bonds is 16. The molecule has 1 saturated heterocycles. The Morgan fingerprint density at radius 1 is 0.750 bits per heavy atom. The molecule has 270 valence electrons. The predicted molar refractivity (Wildman–Crippen MR) is 199 cm³/mol. The number of ether oxygens (including phenoxy) is 2. The van der Waals surface area contributed by atoms with E-state index >= 15 is 0 Å². The molecule has 2 heterocycles. The van der Waals surface area contributed by atoms with Crippen molar-refractivity contribution in [2.24, 2.45) is 0 Å². The first-order valence-electron chi connectivity index (χ1n) is 17.6. The van der Waals surface area contributed by atoms with E-state index in [9.17, 15) is 14.7 Å². The fraction of sp³-hybridized carbons (Fsp3) is 0.293. The third kappa shape index (κ3) is 10.2. The number of anilines is 1. The lowest BCUT2D eigenvalue weighted by Gasteiger charge is -2.36. The third-order valence-corrected chi connectivity index (χ3v) is 9.81. The van der Waals surface area contributed by atoms with Crippen LogP contribution in [0.5, 0.6) is 0 Å². The molecule has 5 aromatic rings. The number of thioether (sulfide) groups is 1. The number of carbonyl (C=O) groups excluding carboxylic acids is 2. The molecule has 6 rings (SSSR count). The zero-order chi connectivity index (χ0) is 36.1. The number of unbranched alkanes of at least 4 members (excludes halogenated alkanes) is 3. The van der Waals surface area contributed by atoms with Gasteiger partial charge in [-0.15, -0.1) is 0 Å². The Bertz CT molecular complexity index is 1810. The van der Waals surface area contributed by atoms with Crippen LogP contribution in [0.4, 0.5) is 5.69 Å². The van der Waals surface area contributed by atoms with Crippen molar-refractivity contribution in [2.45, 2.75) is 75.3 Å². The SMILES string of the molecule is O=C(CCCCCCC(=O)Nc1ccc(C2OC(CSc3nc(-c4ccccc4)c(-c4ccccc4)o3)C[C@@H](c3ccc(CO)cc3)O2)cc1)NO. The standard InChI is InChI=1S/C41H43N3O7S/c45-26-28-17-19-29(20-18-28)35-25-34(27-52-41-43-38(30-11-5-3-6-12-30)39(51-41)31-13-7-4-8-14-31)49-40(50-35)32-21-23-33(24-22-32)42-36(46)15-9-1-2-10-16-37(47)44-48/h3-8,11-14,17-24,34-35,40,45,48H,1-2,9-10,15-16,25-27H2,(H,42,46)(H,44,47)/t34?,35-,40?/m0/s1. The van der Waals surface area contributed by atoms with Crippen LogP contribution >= 0.6 is 11.8 Å². The Morgan fingerprint density at radius 3 is 2.04 bits per heavy atom. The number of amides is 2. The molecule has 1 aromatic heterocycles. The minimum absolute atomic E-state index is 0.0305. The first kappa shape index (κ1) is 37.0. The van der Waals surface area contributed by atoms with E-state index in [1.807, 2.05) is 109 Å². The van der Waals surface area contributed by atoms with E-state index in [0.29, 0.717) is 42.3 Å². The Labute approximate surface area is 307 Å². The van der Waals surface area contributed by atoms with Crippen LogP contribution in [0.3, 0.4) is 0 Å². The Balaban J connectivity index is 1.12. The van der Waals surface area contributed by atoms with E-state index in [0.717, 1.165) is 52.1 Å². The van der Waals surface area contributed by atoms with Crippen LogP contribution in [-0.4, -0.2) is 39.0 Å². The maximum Gasteiger partial charge on any atom is 0.256 e. The van der Waals surface area contributed by atoms with Gasteiger partial charge in [-0.3, -0.25) is 14.8 Å². The summed E-state index contributed by atoms with van der Waals surface area (Å²) < 4.78 is 19.4. The van der Waals surface area contributed by atoms with Gasteiger partial charge in [0.15, 0.2) is 12.1 Å². The van der Waals surface area contributed by atoms with Gasteiger partial charge in [-0.25, -0.2) is 10.5 Å². The Hall–Kier alpha value is -4.78. The molecule has 0 saturated carbocycles. The highest BCUT2D eigenvalue weighted by Crippen LogP contribution is 2.41. The number of hydrogen-bond acceptors (Lipinski definition) is 9. The smallest absolute Gasteiger partial charge is 0.256 e. The second kappa shape index (κ2) is 18.6. The zero-order valence-corrected chi connectivity index (χ0v) is 29.6. The highest BCUT2D eigenvalue weighted by molar-refractivity contribution is 7.99. The van der Waals surface area contributed by atoms with E-state index in [1.165, 1.54) is 11.8 Å². The van der Waals surface area contributed by atoms with Gasteiger partial charge in [-0.05, 0) is 36.1 Å². The van der Waals surface area contributed by atoms with Gasteiger partial charge >= 0.3 is 0 Å². The number of oxazole rings is 1. The monoisotopic (exact) mass is 721 g/mol. The normalized spacial score (nSPS) is 17.1. The van der Waals surface area contributed by atoms with Crippen molar-refractivity contribution in [3.8, 4) is 22.6 Å². The summed E-state index contributed by atoms with van der Waals surface area (Å²) >= 11 is 1.51. The highest BCUT2D eigenvalue weighted by atomic mass is 32.2. The van der Waals surface area contributed by atoms with Crippen molar-refractivity contribution >= 4 is 29.3 Å². The van der Waals surface area contributed by atoms with Gasteiger partial charge in [0.2, 0.25) is 11.8 Å². The summed E-state index contributed by atoms with van der Waals surface area (Å²) in [6.07, 6.45) is 3.17. The Morgan fingerprint density at radius 2 is 1.38 bits per heavy atom. The lowest BCUT2D eigenvalue weighted by Crippen LogP contribution is -2.31. The molecule has 1 aliphatic rings. The van der Waals surface area contributed by atoms with E-state index in [2.05, 4.69) is 5.32 Å². The minimum Gasteiger partial charge on any atom is -0.431 e. The van der Waals surface area contributed by atoms with E-state index in [-0.39, 0.29) is 31.1 Å². The summed E-state index contributed by atoms with van der Waals surface area (Å²) in [6.45, 7) is -0.0305. The number of hydroxylamine groups is 1. The minimum atomic E-state index is -0.649. The number of benzene rings is 4. The molecule has 0 bridgehead atoms. The molecule has 2 unspecified atom stereocenters. The van der Waals surface area contributed by atoms with Crippen molar-refractivity contribution in [1.82, 2.24) is 10.5 Å². The van der Waals surface area contributed by atoms with Gasteiger partial charge in [-0.1, -0.05) is 122 Å². The molecule has 1 aliphatic heterocycles. The molecule has 0 spiro atoms. The average Bonchev–Trinajstić information content (AvgIpc) is 3.63. The van der Waals surface area contributed by atoms with Gasteiger partial charge in [0.1, 0.15) is 5.69 Å². The van der Waals surface area contributed by atoms with Crippen molar-refractivity contribution in [3.63, 3.8) is 0 Å². The molecule has 1 fully saturated rings. The van der Waals surface area contributed by atoms with Gasteiger partial charge in [0, 0.05) is 47.4 Å². The summed E-state index contributed by atoms with van der Waals surface area (Å²) in [5, 5.41) is 21.7. The molecular formula is C41H43N3O7S. The van der Waals surface area contributed by atoms with Crippen LogP contribution in [-0.2, 0) is 25.7 Å². The molecule has 11 heteroatoms. The van der Waals surface area contributed by atoms with Crippen LogP contribution in [0.2, 0.25) is 0 Å². The van der Waals surface area contributed by atoms with E-state index < -0.39 is 12.2 Å².